The Kier molecular flexibility index (Phi) is 4.45. The lowest BCUT2D eigenvalue weighted by Gasteiger charge is -2.23. The number of amides is 1. The molecule has 0 aliphatic carbocycles. The van der Waals surface area contributed by atoms with Crippen LogP contribution in [0.5, 0.6) is 0 Å². The zero-order valence-corrected chi connectivity index (χ0v) is 12.3. The normalized spacial score (nSPS) is 19.1. The van der Waals surface area contributed by atoms with Gasteiger partial charge in [0.2, 0.25) is 15.9 Å². The van der Waals surface area contributed by atoms with E-state index in [1.807, 2.05) is 0 Å². The van der Waals surface area contributed by atoms with Gasteiger partial charge in [-0.3, -0.25) is 14.9 Å². The van der Waals surface area contributed by atoms with E-state index < -0.39 is 21.0 Å². The van der Waals surface area contributed by atoms with Crippen LogP contribution in [-0.4, -0.2) is 31.8 Å². The number of benzene rings is 1. The number of non-ortho nitro benzene ring substituents is 1. The highest BCUT2D eigenvalue weighted by molar-refractivity contribution is 7.89. The van der Waals surface area contributed by atoms with Crippen molar-refractivity contribution in [3.63, 3.8) is 0 Å². The van der Waals surface area contributed by atoms with Crippen molar-refractivity contribution in [2.75, 3.05) is 6.54 Å². The van der Waals surface area contributed by atoms with Crippen molar-refractivity contribution in [1.29, 1.82) is 0 Å². The lowest BCUT2D eigenvalue weighted by atomic mass is 10.1. The van der Waals surface area contributed by atoms with Gasteiger partial charge in [-0.15, -0.1) is 0 Å². The van der Waals surface area contributed by atoms with Crippen LogP contribution in [0.4, 0.5) is 5.69 Å². The lowest BCUT2D eigenvalue weighted by Crippen LogP contribution is -2.47. The monoisotopic (exact) mass is 333 g/mol. The van der Waals surface area contributed by atoms with E-state index >= 15 is 0 Å². The number of rotatable bonds is 4. The average Bonchev–Trinajstić information content (AvgIpc) is 2.40. The third-order valence-corrected chi connectivity index (χ3v) is 5.01. The number of carbonyl (C=O) groups is 1. The van der Waals surface area contributed by atoms with Crippen molar-refractivity contribution in [3.05, 3.63) is 33.3 Å². The van der Waals surface area contributed by atoms with Gasteiger partial charge in [0.15, 0.2) is 0 Å². The van der Waals surface area contributed by atoms with Crippen LogP contribution in [0, 0.1) is 10.1 Å². The summed E-state index contributed by atoms with van der Waals surface area (Å²) < 4.78 is 26.8. The van der Waals surface area contributed by atoms with Crippen LogP contribution in [0.2, 0.25) is 5.02 Å². The zero-order chi connectivity index (χ0) is 15.6. The number of nitro benzene ring substituents is 1. The van der Waals surface area contributed by atoms with Crippen LogP contribution in [0.15, 0.2) is 23.1 Å². The minimum Gasteiger partial charge on any atom is -0.355 e. The van der Waals surface area contributed by atoms with E-state index in [2.05, 4.69) is 10.0 Å². The molecule has 1 aliphatic rings. The van der Waals surface area contributed by atoms with Gasteiger partial charge >= 0.3 is 0 Å². The molecule has 0 saturated carbocycles. The Balaban J connectivity index is 2.19. The topological polar surface area (TPSA) is 118 Å². The number of carbonyl (C=O) groups excluding carboxylic acids is 1. The SMILES string of the molecule is O=C1CCC(NS(=O)(=O)c2ccc([N+](=O)[O-])cc2Cl)CN1. The largest absolute Gasteiger partial charge is 0.355 e. The number of hydrogen-bond acceptors (Lipinski definition) is 5. The number of nitrogens with one attached hydrogen (secondary N) is 2. The van der Waals surface area contributed by atoms with Gasteiger partial charge in [0.25, 0.3) is 5.69 Å². The fraction of sp³-hybridized carbons (Fsp3) is 0.364. The van der Waals surface area contributed by atoms with Crippen LogP contribution in [0.3, 0.4) is 0 Å². The molecule has 1 heterocycles. The molecule has 21 heavy (non-hydrogen) atoms. The summed E-state index contributed by atoms with van der Waals surface area (Å²) in [5.74, 6) is -0.126. The van der Waals surface area contributed by atoms with Crippen LogP contribution < -0.4 is 10.0 Å². The Hall–Kier alpha value is -1.71. The Labute approximate surface area is 125 Å². The minimum absolute atomic E-state index is 0.126. The fourth-order valence-electron chi connectivity index (χ4n) is 1.94. The predicted octanol–water partition coefficient (Wildman–Crippen LogP) is 0.805. The third kappa shape index (κ3) is 3.69. The Morgan fingerprint density at radius 2 is 2.14 bits per heavy atom. The molecule has 1 aromatic rings. The molecule has 2 rings (SSSR count). The molecule has 0 bridgehead atoms. The van der Waals surface area contributed by atoms with E-state index in [1.165, 1.54) is 0 Å². The first kappa shape index (κ1) is 15.7. The maximum Gasteiger partial charge on any atom is 0.271 e. The van der Waals surface area contributed by atoms with Crippen LogP contribution in [-0.2, 0) is 14.8 Å². The van der Waals surface area contributed by atoms with Gasteiger partial charge in [0.05, 0.1) is 9.95 Å². The number of piperidine rings is 1. The summed E-state index contributed by atoms with van der Waals surface area (Å²) in [5, 5.41) is 12.9. The molecule has 1 unspecified atom stereocenters. The minimum atomic E-state index is -3.91. The van der Waals surface area contributed by atoms with Gasteiger partial charge in [0.1, 0.15) is 4.90 Å². The summed E-state index contributed by atoms with van der Waals surface area (Å²) in [7, 11) is -3.91. The highest BCUT2D eigenvalue weighted by Crippen LogP contribution is 2.26. The summed E-state index contributed by atoms with van der Waals surface area (Å²) in [4.78, 5) is 20.7. The number of sulfonamides is 1. The van der Waals surface area contributed by atoms with E-state index in [-0.39, 0.29) is 34.5 Å². The molecule has 1 fully saturated rings. The molecule has 8 nitrogen and oxygen atoms in total. The summed E-state index contributed by atoms with van der Waals surface area (Å²) in [6.45, 7) is 0.197. The van der Waals surface area contributed by atoms with Gasteiger partial charge in [-0.05, 0) is 12.5 Å². The standard InChI is InChI=1S/C11H12ClN3O5S/c12-9-5-8(15(17)18)2-3-10(9)21(19,20)14-7-1-4-11(16)13-6-7/h2-3,5,7,14H,1,4,6H2,(H,13,16). The van der Waals surface area contributed by atoms with Crippen LogP contribution in [0.1, 0.15) is 12.8 Å². The molecular formula is C11H12ClN3O5S. The Morgan fingerprint density at radius 1 is 1.43 bits per heavy atom. The van der Waals surface area contributed by atoms with Crippen molar-refractivity contribution in [3.8, 4) is 0 Å². The van der Waals surface area contributed by atoms with E-state index in [4.69, 9.17) is 11.6 Å². The summed E-state index contributed by atoms with van der Waals surface area (Å²) >= 11 is 5.81. The maximum atomic E-state index is 12.2. The molecular weight excluding hydrogens is 322 g/mol. The molecule has 0 radical (unpaired) electrons. The molecule has 0 aromatic heterocycles. The van der Waals surface area contributed by atoms with E-state index in [1.54, 1.807) is 0 Å². The van der Waals surface area contributed by atoms with Crippen molar-refractivity contribution >= 4 is 33.2 Å². The predicted molar refractivity (Wildman–Crippen MR) is 74.5 cm³/mol. The first-order valence-corrected chi connectivity index (χ1v) is 7.88. The fourth-order valence-corrected chi connectivity index (χ4v) is 3.75. The molecule has 1 aliphatic heterocycles. The van der Waals surface area contributed by atoms with Crippen molar-refractivity contribution < 1.29 is 18.1 Å². The highest BCUT2D eigenvalue weighted by atomic mass is 35.5. The van der Waals surface area contributed by atoms with Crippen molar-refractivity contribution in [1.82, 2.24) is 10.0 Å². The van der Waals surface area contributed by atoms with E-state index in [0.29, 0.717) is 6.42 Å². The Bertz CT molecular complexity index is 681. The van der Waals surface area contributed by atoms with Crippen molar-refractivity contribution in [2.24, 2.45) is 0 Å². The molecule has 2 N–H and O–H groups in total. The average molecular weight is 334 g/mol. The summed E-state index contributed by atoms with van der Waals surface area (Å²) in [6, 6.07) is 2.71. The second kappa shape index (κ2) is 5.96. The molecule has 10 heteroatoms. The number of hydrogen-bond donors (Lipinski definition) is 2. The summed E-state index contributed by atoms with van der Waals surface area (Å²) in [6.07, 6.45) is 0.622. The molecule has 1 aromatic carbocycles. The zero-order valence-electron chi connectivity index (χ0n) is 10.7. The second-order valence-electron chi connectivity index (χ2n) is 4.53. The molecule has 0 spiro atoms. The number of nitro groups is 1. The first-order chi connectivity index (χ1) is 9.79. The van der Waals surface area contributed by atoms with Gasteiger partial charge in [-0.25, -0.2) is 13.1 Å². The Morgan fingerprint density at radius 3 is 2.67 bits per heavy atom. The number of nitrogens with zero attached hydrogens (tertiary/aromatic N) is 1. The molecule has 1 atom stereocenters. The highest BCUT2D eigenvalue weighted by Gasteiger charge is 2.26. The quantitative estimate of drug-likeness (QED) is 0.624. The van der Waals surface area contributed by atoms with Crippen molar-refractivity contribution in [2.45, 2.75) is 23.8 Å². The van der Waals surface area contributed by atoms with Gasteiger partial charge in [-0.2, -0.15) is 0 Å². The van der Waals surface area contributed by atoms with Crippen LogP contribution >= 0.6 is 11.6 Å². The van der Waals surface area contributed by atoms with E-state index in [9.17, 15) is 23.3 Å². The molecule has 1 amide bonds. The lowest BCUT2D eigenvalue weighted by molar-refractivity contribution is -0.384. The van der Waals surface area contributed by atoms with E-state index in [0.717, 1.165) is 18.2 Å². The van der Waals surface area contributed by atoms with Gasteiger partial charge in [-0.1, -0.05) is 11.6 Å². The maximum absolute atomic E-state index is 12.2. The van der Waals surface area contributed by atoms with Gasteiger partial charge < -0.3 is 5.32 Å². The molecule has 1 saturated heterocycles. The second-order valence-corrected chi connectivity index (χ2v) is 6.62. The molecule has 114 valence electrons. The first-order valence-electron chi connectivity index (χ1n) is 6.02. The van der Waals surface area contributed by atoms with Gasteiger partial charge in [0, 0.05) is 31.1 Å². The summed E-state index contributed by atoms with van der Waals surface area (Å²) in [5.41, 5.74) is -0.288. The van der Waals surface area contributed by atoms with Crippen LogP contribution in [0.25, 0.3) is 0 Å². The smallest absolute Gasteiger partial charge is 0.271 e. The third-order valence-electron chi connectivity index (χ3n) is 3.00. The number of halogens is 1.